The van der Waals surface area contributed by atoms with Crippen LogP contribution in [0.25, 0.3) is 0 Å². The number of nitrogens with two attached hydrogens (primary N) is 1. The fourth-order valence-electron chi connectivity index (χ4n) is 2.36. The van der Waals surface area contributed by atoms with Crippen molar-refractivity contribution in [3.05, 3.63) is 35.4 Å². The molecular formula is C17H26N2O2. The van der Waals surface area contributed by atoms with Gasteiger partial charge in [-0.3, -0.25) is 14.5 Å². The van der Waals surface area contributed by atoms with Gasteiger partial charge in [-0.15, -0.1) is 0 Å². The minimum atomic E-state index is -0.401. The van der Waals surface area contributed by atoms with Gasteiger partial charge < -0.3 is 5.73 Å². The molecule has 0 spiro atoms. The van der Waals surface area contributed by atoms with Gasteiger partial charge in [0.2, 0.25) is 5.91 Å². The number of carbonyl (C=O) groups excluding carboxylic acids is 2. The summed E-state index contributed by atoms with van der Waals surface area (Å²) >= 11 is 0. The fourth-order valence-corrected chi connectivity index (χ4v) is 2.36. The summed E-state index contributed by atoms with van der Waals surface area (Å²) in [6, 6.07) is 7.73. The van der Waals surface area contributed by atoms with Gasteiger partial charge in [0.1, 0.15) is 0 Å². The molecule has 1 aromatic carbocycles. The van der Waals surface area contributed by atoms with Crippen LogP contribution >= 0.6 is 0 Å². The normalized spacial score (nSPS) is 11.1. The number of amides is 1. The highest BCUT2D eigenvalue weighted by Crippen LogP contribution is 2.09. The van der Waals surface area contributed by atoms with Crippen LogP contribution in [0.2, 0.25) is 0 Å². The average Bonchev–Trinajstić information content (AvgIpc) is 2.38. The maximum Gasteiger partial charge on any atom is 0.231 e. The molecule has 2 N–H and O–H groups in total. The predicted molar refractivity (Wildman–Crippen MR) is 85.2 cm³/mol. The highest BCUT2D eigenvalue weighted by Gasteiger charge is 2.15. The van der Waals surface area contributed by atoms with Crippen LogP contribution in [0.4, 0.5) is 0 Å². The Hall–Kier alpha value is -1.68. The van der Waals surface area contributed by atoms with Crippen molar-refractivity contribution in [3.8, 4) is 0 Å². The second-order valence-electron chi connectivity index (χ2n) is 5.90. The van der Waals surface area contributed by atoms with Crippen molar-refractivity contribution in [1.82, 2.24) is 4.90 Å². The van der Waals surface area contributed by atoms with E-state index in [9.17, 15) is 9.59 Å². The van der Waals surface area contributed by atoms with Crippen LogP contribution in [-0.2, 0) is 11.2 Å². The van der Waals surface area contributed by atoms with E-state index in [1.54, 1.807) is 0 Å². The summed E-state index contributed by atoms with van der Waals surface area (Å²) in [4.78, 5) is 25.2. The lowest BCUT2D eigenvalue weighted by molar-refractivity contribution is -0.119. The zero-order chi connectivity index (χ0) is 15.8. The Labute approximate surface area is 127 Å². The van der Waals surface area contributed by atoms with Crippen molar-refractivity contribution < 1.29 is 9.59 Å². The standard InChI is InChI=1S/C17H26N2O2/c1-4-5-14-6-8-15(9-7-14)16(20)11-19(10-13(2)3)12-17(18)21/h6-9,13H,4-5,10-12H2,1-3H3,(H2,18,21). The number of primary amides is 1. The Balaban J connectivity index is 2.69. The lowest BCUT2D eigenvalue weighted by Crippen LogP contribution is -2.39. The molecule has 0 aliphatic rings. The number of nitrogens with zero attached hydrogens (tertiary/aromatic N) is 1. The molecule has 1 aromatic rings. The molecule has 0 unspecified atom stereocenters. The molecule has 116 valence electrons. The lowest BCUT2D eigenvalue weighted by atomic mass is 10.0. The largest absolute Gasteiger partial charge is 0.369 e. The van der Waals surface area contributed by atoms with Crippen LogP contribution in [0.3, 0.4) is 0 Å². The van der Waals surface area contributed by atoms with Crippen LogP contribution in [0.15, 0.2) is 24.3 Å². The van der Waals surface area contributed by atoms with E-state index < -0.39 is 5.91 Å². The minimum absolute atomic E-state index is 0.0277. The Bertz CT molecular complexity index is 466. The summed E-state index contributed by atoms with van der Waals surface area (Å²) in [6.45, 7) is 7.28. The van der Waals surface area contributed by atoms with Crippen LogP contribution in [-0.4, -0.2) is 36.2 Å². The molecular weight excluding hydrogens is 264 g/mol. The topological polar surface area (TPSA) is 63.4 Å². The maximum atomic E-state index is 12.3. The van der Waals surface area contributed by atoms with E-state index in [2.05, 4.69) is 20.8 Å². The van der Waals surface area contributed by atoms with Gasteiger partial charge >= 0.3 is 0 Å². The molecule has 4 nitrogen and oxygen atoms in total. The molecule has 0 aliphatic carbocycles. The van der Waals surface area contributed by atoms with Gasteiger partial charge in [-0.25, -0.2) is 0 Å². The van der Waals surface area contributed by atoms with Crippen molar-refractivity contribution >= 4 is 11.7 Å². The third-order valence-electron chi connectivity index (χ3n) is 3.18. The quantitative estimate of drug-likeness (QED) is 0.710. The Kier molecular flexibility index (Phi) is 7.09. The number of benzene rings is 1. The first-order valence-electron chi connectivity index (χ1n) is 7.55. The third kappa shape index (κ3) is 6.54. The zero-order valence-corrected chi connectivity index (χ0v) is 13.3. The zero-order valence-electron chi connectivity index (χ0n) is 13.3. The summed E-state index contributed by atoms with van der Waals surface area (Å²) in [7, 11) is 0. The summed E-state index contributed by atoms with van der Waals surface area (Å²) in [5.74, 6) is 0.00534. The minimum Gasteiger partial charge on any atom is -0.369 e. The smallest absolute Gasteiger partial charge is 0.231 e. The Morgan fingerprint density at radius 2 is 1.76 bits per heavy atom. The molecule has 0 fully saturated rings. The van der Waals surface area contributed by atoms with E-state index in [-0.39, 0.29) is 18.9 Å². The van der Waals surface area contributed by atoms with Gasteiger partial charge in [0, 0.05) is 12.1 Å². The van der Waals surface area contributed by atoms with E-state index in [1.165, 1.54) is 5.56 Å². The molecule has 1 rings (SSSR count). The van der Waals surface area contributed by atoms with E-state index in [0.717, 1.165) is 12.8 Å². The van der Waals surface area contributed by atoms with E-state index in [4.69, 9.17) is 5.73 Å². The van der Waals surface area contributed by atoms with E-state index in [1.807, 2.05) is 29.2 Å². The molecule has 21 heavy (non-hydrogen) atoms. The number of Topliss-reactive ketones (excluding diaryl/α,β-unsaturated/α-hetero) is 1. The molecule has 0 radical (unpaired) electrons. The third-order valence-corrected chi connectivity index (χ3v) is 3.18. The summed E-state index contributed by atoms with van der Waals surface area (Å²) in [5.41, 5.74) is 7.17. The average molecular weight is 290 g/mol. The molecule has 4 heteroatoms. The van der Waals surface area contributed by atoms with Crippen molar-refractivity contribution in [2.45, 2.75) is 33.6 Å². The SMILES string of the molecule is CCCc1ccc(C(=O)CN(CC(N)=O)CC(C)C)cc1. The molecule has 0 aromatic heterocycles. The fraction of sp³-hybridized carbons (Fsp3) is 0.529. The number of rotatable bonds is 9. The van der Waals surface area contributed by atoms with Gasteiger partial charge in [0.05, 0.1) is 13.1 Å². The number of hydrogen-bond acceptors (Lipinski definition) is 3. The first-order valence-corrected chi connectivity index (χ1v) is 7.55. The lowest BCUT2D eigenvalue weighted by Gasteiger charge is -2.21. The second-order valence-corrected chi connectivity index (χ2v) is 5.90. The Morgan fingerprint density at radius 3 is 2.24 bits per heavy atom. The number of hydrogen-bond donors (Lipinski definition) is 1. The van der Waals surface area contributed by atoms with Crippen LogP contribution in [0, 0.1) is 5.92 Å². The number of carbonyl (C=O) groups is 2. The van der Waals surface area contributed by atoms with Gasteiger partial charge in [-0.1, -0.05) is 51.5 Å². The van der Waals surface area contributed by atoms with Gasteiger partial charge in [-0.05, 0) is 17.9 Å². The van der Waals surface area contributed by atoms with Crippen LogP contribution < -0.4 is 5.73 Å². The van der Waals surface area contributed by atoms with Crippen molar-refractivity contribution in [1.29, 1.82) is 0 Å². The molecule has 0 aliphatic heterocycles. The monoisotopic (exact) mass is 290 g/mol. The maximum absolute atomic E-state index is 12.3. The first-order chi connectivity index (χ1) is 9.92. The first kappa shape index (κ1) is 17.4. The van der Waals surface area contributed by atoms with Crippen LogP contribution in [0.1, 0.15) is 43.1 Å². The highest BCUT2D eigenvalue weighted by molar-refractivity contribution is 5.97. The van der Waals surface area contributed by atoms with Gasteiger partial charge in [0.15, 0.2) is 5.78 Å². The number of ketones is 1. The number of aryl methyl sites for hydroxylation is 1. The second kappa shape index (κ2) is 8.57. The molecule has 0 atom stereocenters. The van der Waals surface area contributed by atoms with Crippen molar-refractivity contribution in [2.75, 3.05) is 19.6 Å². The summed E-state index contributed by atoms with van der Waals surface area (Å²) < 4.78 is 0. The van der Waals surface area contributed by atoms with Crippen molar-refractivity contribution in [2.24, 2.45) is 11.7 Å². The summed E-state index contributed by atoms with van der Waals surface area (Å²) in [6.07, 6.45) is 2.11. The summed E-state index contributed by atoms with van der Waals surface area (Å²) in [5, 5.41) is 0. The van der Waals surface area contributed by atoms with Crippen molar-refractivity contribution in [3.63, 3.8) is 0 Å². The Morgan fingerprint density at radius 1 is 1.14 bits per heavy atom. The van der Waals surface area contributed by atoms with Crippen LogP contribution in [0.5, 0.6) is 0 Å². The van der Waals surface area contributed by atoms with Gasteiger partial charge in [0.25, 0.3) is 0 Å². The molecule has 0 saturated heterocycles. The molecule has 0 heterocycles. The highest BCUT2D eigenvalue weighted by atomic mass is 16.1. The van der Waals surface area contributed by atoms with E-state index in [0.29, 0.717) is 18.0 Å². The molecule has 1 amide bonds. The van der Waals surface area contributed by atoms with Gasteiger partial charge in [-0.2, -0.15) is 0 Å². The molecule has 0 bridgehead atoms. The predicted octanol–water partition coefficient (Wildman–Crippen LogP) is 2.27. The molecule has 0 saturated carbocycles. The van der Waals surface area contributed by atoms with E-state index >= 15 is 0 Å².